The molecule has 0 bridgehead atoms. The van der Waals surface area contributed by atoms with E-state index in [9.17, 15) is 4.79 Å². The van der Waals surface area contributed by atoms with Crippen molar-refractivity contribution in [2.45, 2.75) is 50.6 Å². The maximum absolute atomic E-state index is 11.9. The van der Waals surface area contributed by atoms with E-state index in [0.29, 0.717) is 6.04 Å². The largest absolute Gasteiger partial charge is 0.351 e. The smallest absolute Gasteiger partial charge is 0.237 e. The first-order valence-electron chi connectivity index (χ1n) is 6.05. The molecule has 1 amide bonds. The van der Waals surface area contributed by atoms with Gasteiger partial charge in [-0.25, -0.2) is 0 Å². The lowest BCUT2D eigenvalue weighted by molar-refractivity contribution is -0.123. The number of hydrogen-bond acceptors (Lipinski definition) is 2. The van der Waals surface area contributed by atoms with Crippen LogP contribution in [-0.4, -0.2) is 24.5 Å². The van der Waals surface area contributed by atoms with Gasteiger partial charge in [0.1, 0.15) is 0 Å². The van der Waals surface area contributed by atoms with Crippen LogP contribution in [0.2, 0.25) is 0 Å². The molecule has 1 aliphatic heterocycles. The highest BCUT2D eigenvalue weighted by molar-refractivity contribution is 5.82. The average molecular weight is 208 g/mol. The van der Waals surface area contributed by atoms with Gasteiger partial charge in [0.2, 0.25) is 5.91 Å². The summed E-state index contributed by atoms with van der Waals surface area (Å²) in [5, 5.41) is 6.44. The fraction of sp³-hybridized carbons (Fsp3) is 0.750. The molecule has 0 aromatic heterocycles. The molecule has 0 spiro atoms. The van der Waals surface area contributed by atoms with Gasteiger partial charge in [0.25, 0.3) is 0 Å². The highest BCUT2D eigenvalue weighted by atomic mass is 16.2. The van der Waals surface area contributed by atoms with Gasteiger partial charge < -0.3 is 10.6 Å². The Morgan fingerprint density at radius 2 is 2.00 bits per heavy atom. The summed E-state index contributed by atoms with van der Waals surface area (Å²) in [5.41, 5.74) is 0. The molecule has 1 aliphatic carbocycles. The molecule has 1 heterocycles. The van der Waals surface area contributed by atoms with Crippen molar-refractivity contribution in [3.05, 3.63) is 12.2 Å². The predicted octanol–water partition coefficient (Wildman–Crippen LogP) is 1.35. The highest BCUT2D eigenvalue weighted by Gasteiger charge is 2.22. The summed E-state index contributed by atoms with van der Waals surface area (Å²) in [6.45, 7) is 0.987. The molecule has 3 nitrogen and oxygen atoms in total. The maximum atomic E-state index is 11.9. The molecule has 1 atom stereocenters. The van der Waals surface area contributed by atoms with Gasteiger partial charge in [-0.3, -0.25) is 4.79 Å². The minimum Gasteiger partial charge on any atom is -0.351 e. The molecule has 2 N–H and O–H groups in total. The number of hydrogen-bond donors (Lipinski definition) is 2. The lowest BCUT2D eigenvalue weighted by Crippen LogP contribution is -2.46. The van der Waals surface area contributed by atoms with Crippen molar-refractivity contribution in [3.63, 3.8) is 0 Å². The van der Waals surface area contributed by atoms with Crippen molar-refractivity contribution < 1.29 is 4.79 Å². The van der Waals surface area contributed by atoms with E-state index in [2.05, 4.69) is 22.8 Å². The van der Waals surface area contributed by atoms with Gasteiger partial charge >= 0.3 is 0 Å². The van der Waals surface area contributed by atoms with Gasteiger partial charge in [0, 0.05) is 6.04 Å². The van der Waals surface area contributed by atoms with Crippen molar-refractivity contribution in [2.24, 2.45) is 0 Å². The fourth-order valence-corrected chi connectivity index (χ4v) is 2.29. The number of nitrogens with one attached hydrogen (secondary N) is 2. The monoisotopic (exact) mass is 208 g/mol. The molecular formula is C12H20N2O. The molecule has 84 valence electrons. The molecule has 0 aromatic carbocycles. The van der Waals surface area contributed by atoms with E-state index in [4.69, 9.17) is 0 Å². The first kappa shape index (κ1) is 10.7. The summed E-state index contributed by atoms with van der Waals surface area (Å²) in [4.78, 5) is 11.9. The van der Waals surface area contributed by atoms with Crippen molar-refractivity contribution in [1.82, 2.24) is 10.6 Å². The van der Waals surface area contributed by atoms with E-state index in [1.807, 2.05) is 0 Å². The van der Waals surface area contributed by atoms with Crippen LogP contribution in [0.1, 0.15) is 38.5 Å². The van der Waals surface area contributed by atoms with Crippen LogP contribution in [0.5, 0.6) is 0 Å². The molecule has 1 unspecified atom stereocenters. The Morgan fingerprint density at radius 1 is 1.20 bits per heavy atom. The first-order chi connectivity index (χ1) is 7.36. The zero-order valence-corrected chi connectivity index (χ0v) is 9.17. The number of rotatable bonds is 2. The van der Waals surface area contributed by atoms with E-state index in [1.165, 1.54) is 19.3 Å². The Kier molecular flexibility index (Phi) is 3.78. The molecule has 2 rings (SSSR count). The zero-order valence-electron chi connectivity index (χ0n) is 9.17. The second-order valence-corrected chi connectivity index (χ2v) is 4.50. The van der Waals surface area contributed by atoms with Gasteiger partial charge in [-0.1, -0.05) is 25.0 Å². The van der Waals surface area contributed by atoms with E-state index in [0.717, 1.165) is 25.8 Å². The standard InChI is InChI=1S/C12H20N2O/c15-12(14-10-6-3-4-7-10)11-8-2-1-5-9-13-11/h3-4,10-11,13H,1-2,5-9H2,(H,14,15). The molecule has 0 radical (unpaired) electrons. The number of carbonyl (C=O) groups is 1. The van der Waals surface area contributed by atoms with Crippen molar-refractivity contribution in [2.75, 3.05) is 6.54 Å². The first-order valence-corrected chi connectivity index (χ1v) is 6.05. The van der Waals surface area contributed by atoms with Crippen LogP contribution in [0.4, 0.5) is 0 Å². The second kappa shape index (κ2) is 5.31. The van der Waals surface area contributed by atoms with Crippen molar-refractivity contribution >= 4 is 5.91 Å². The Bertz CT molecular complexity index is 234. The van der Waals surface area contributed by atoms with Gasteiger partial charge in [0.05, 0.1) is 6.04 Å². The summed E-state index contributed by atoms with van der Waals surface area (Å²) in [6.07, 6.45) is 10.9. The van der Waals surface area contributed by atoms with Gasteiger partial charge in [-0.05, 0) is 32.2 Å². The zero-order chi connectivity index (χ0) is 10.5. The van der Waals surface area contributed by atoms with Crippen molar-refractivity contribution in [3.8, 4) is 0 Å². The van der Waals surface area contributed by atoms with Crippen LogP contribution >= 0.6 is 0 Å². The summed E-state index contributed by atoms with van der Waals surface area (Å²) >= 11 is 0. The molecule has 1 fully saturated rings. The van der Waals surface area contributed by atoms with E-state index in [1.54, 1.807) is 0 Å². The Labute approximate surface area is 91.3 Å². The van der Waals surface area contributed by atoms with Gasteiger partial charge in [-0.2, -0.15) is 0 Å². The minimum absolute atomic E-state index is 0.0492. The van der Waals surface area contributed by atoms with Crippen LogP contribution in [0.15, 0.2) is 12.2 Å². The third kappa shape index (κ3) is 3.06. The summed E-state index contributed by atoms with van der Waals surface area (Å²) in [7, 11) is 0. The van der Waals surface area contributed by atoms with Crippen LogP contribution in [0.3, 0.4) is 0 Å². The molecule has 0 aromatic rings. The predicted molar refractivity (Wildman–Crippen MR) is 60.6 cm³/mol. The van der Waals surface area contributed by atoms with Crippen LogP contribution in [0.25, 0.3) is 0 Å². The summed E-state index contributed by atoms with van der Waals surface area (Å²) < 4.78 is 0. The maximum Gasteiger partial charge on any atom is 0.237 e. The van der Waals surface area contributed by atoms with Crippen LogP contribution < -0.4 is 10.6 Å². The Hall–Kier alpha value is -0.830. The summed E-state index contributed by atoms with van der Waals surface area (Å²) in [6, 6.07) is 0.399. The third-order valence-corrected chi connectivity index (χ3v) is 3.23. The average Bonchev–Trinajstić information content (AvgIpc) is 2.58. The molecule has 3 heteroatoms. The quantitative estimate of drug-likeness (QED) is 0.673. The lowest BCUT2D eigenvalue weighted by Gasteiger charge is -2.19. The normalized spacial score (nSPS) is 27.6. The Morgan fingerprint density at radius 3 is 2.80 bits per heavy atom. The third-order valence-electron chi connectivity index (χ3n) is 3.23. The number of carbonyl (C=O) groups excluding carboxylic acids is 1. The lowest BCUT2D eigenvalue weighted by atomic mass is 10.1. The van der Waals surface area contributed by atoms with E-state index < -0.39 is 0 Å². The number of amides is 1. The SMILES string of the molecule is O=C(NC1CC=CC1)C1CCCCCN1. The van der Waals surface area contributed by atoms with Crippen LogP contribution in [0, 0.1) is 0 Å². The summed E-state index contributed by atoms with van der Waals surface area (Å²) in [5.74, 6) is 0.200. The molecule has 15 heavy (non-hydrogen) atoms. The van der Waals surface area contributed by atoms with Crippen molar-refractivity contribution in [1.29, 1.82) is 0 Å². The molecule has 1 saturated heterocycles. The molecule has 0 saturated carbocycles. The molecule has 2 aliphatic rings. The van der Waals surface area contributed by atoms with E-state index in [-0.39, 0.29) is 11.9 Å². The van der Waals surface area contributed by atoms with Gasteiger partial charge in [0.15, 0.2) is 0 Å². The topological polar surface area (TPSA) is 41.1 Å². The minimum atomic E-state index is 0.0492. The van der Waals surface area contributed by atoms with Gasteiger partial charge in [-0.15, -0.1) is 0 Å². The fourth-order valence-electron chi connectivity index (χ4n) is 2.29. The van der Waals surface area contributed by atoms with Crippen LogP contribution in [-0.2, 0) is 4.79 Å². The highest BCUT2D eigenvalue weighted by Crippen LogP contribution is 2.12. The second-order valence-electron chi connectivity index (χ2n) is 4.50. The molecular weight excluding hydrogens is 188 g/mol. The Balaban J connectivity index is 1.78. The van der Waals surface area contributed by atoms with E-state index >= 15 is 0 Å².